The molecule has 3 heteroatoms. The summed E-state index contributed by atoms with van der Waals surface area (Å²) in [5.41, 5.74) is 1.95. The van der Waals surface area contributed by atoms with Crippen molar-refractivity contribution in [1.29, 1.82) is 0 Å². The van der Waals surface area contributed by atoms with E-state index in [9.17, 15) is 4.79 Å². The molecule has 1 unspecified atom stereocenters. The van der Waals surface area contributed by atoms with E-state index in [1.807, 2.05) is 24.3 Å². The van der Waals surface area contributed by atoms with Gasteiger partial charge in [0.2, 0.25) is 0 Å². The minimum absolute atomic E-state index is 0.0298. The predicted molar refractivity (Wildman–Crippen MR) is 78.1 cm³/mol. The Kier molecular flexibility index (Phi) is 4.97. The summed E-state index contributed by atoms with van der Waals surface area (Å²) in [7, 11) is 1.65. The van der Waals surface area contributed by atoms with Crippen molar-refractivity contribution in [3.63, 3.8) is 0 Å². The second-order valence-corrected chi connectivity index (χ2v) is 5.59. The highest BCUT2D eigenvalue weighted by Crippen LogP contribution is 2.30. The van der Waals surface area contributed by atoms with Crippen molar-refractivity contribution in [1.82, 2.24) is 10.6 Å². The van der Waals surface area contributed by atoms with E-state index < -0.39 is 0 Å². The van der Waals surface area contributed by atoms with Gasteiger partial charge in [-0.2, -0.15) is 0 Å². The highest BCUT2D eigenvalue weighted by Gasteiger charge is 2.19. The summed E-state index contributed by atoms with van der Waals surface area (Å²) in [5, 5.41) is 6.19. The standard InChI is InChI=1S/C16H24N2O/c1-12(10-13-4-3-5-13)18-11-14-6-8-15(9-7-14)16(19)17-2/h6-9,12-13,18H,3-5,10-11H2,1-2H3,(H,17,19). The molecule has 2 N–H and O–H groups in total. The number of carbonyl (C=O) groups is 1. The molecule has 1 saturated carbocycles. The lowest BCUT2D eigenvalue weighted by molar-refractivity contribution is 0.0963. The molecule has 1 aromatic carbocycles. The first-order chi connectivity index (χ1) is 9.19. The van der Waals surface area contributed by atoms with Crippen molar-refractivity contribution in [2.45, 2.75) is 45.2 Å². The van der Waals surface area contributed by atoms with Crippen LogP contribution < -0.4 is 10.6 Å². The van der Waals surface area contributed by atoms with Gasteiger partial charge in [0.15, 0.2) is 0 Å². The summed E-state index contributed by atoms with van der Waals surface area (Å²) in [5.74, 6) is 0.913. The van der Waals surface area contributed by atoms with Crippen molar-refractivity contribution < 1.29 is 4.79 Å². The maximum Gasteiger partial charge on any atom is 0.251 e. The molecule has 104 valence electrons. The molecule has 1 aliphatic carbocycles. The summed E-state index contributed by atoms with van der Waals surface area (Å²) in [6, 6.07) is 8.38. The van der Waals surface area contributed by atoms with Crippen LogP contribution in [0.3, 0.4) is 0 Å². The molecule has 1 aromatic rings. The molecule has 0 aliphatic heterocycles. The summed E-state index contributed by atoms with van der Waals surface area (Å²) in [6.07, 6.45) is 5.52. The van der Waals surface area contributed by atoms with Gasteiger partial charge in [-0.3, -0.25) is 4.79 Å². The Hall–Kier alpha value is -1.35. The van der Waals surface area contributed by atoms with Gasteiger partial charge in [-0.15, -0.1) is 0 Å². The number of amides is 1. The lowest BCUT2D eigenvalue weighted by Crippen LogP contribution is -2.29. The third kappa shape index (κ3) is 4.06. The van der Waals surface area contributed by atoms with Crippen LogP contribution in [0.25, 0.3) is 0 Å². The maximum absolute atomic E-state index is 11.4. The van der Waals surface area contributed by atoms with E-state index in [-0.39, 0.29) is 5.91 Å². The minimum atomic E-state index is -0.0298. The van der Waals surface area contributed by atoms with E-state index in [2.05, 4.69) is 17.6 Å². The number of rotatable bonds is 6. The van der Waals surface area contributed by atoms with Crippen LogP contribution in [0.2, 0.25) is 0 Å². The molecule has 2 rings (SSSR count). The lowest BCUT2D eigenvalue weighted by atomic mass is 9.81. The van der Waals surface area contributed by atoms with E-state index >= 15 is 0 Å². The Labute approximate surface area is 115 Å². The molecule has 1 amide bonds. The average Bonchev–Trinajstić information content (AvgIpc) is 2.40. The van der Waals surface area contributed by atoms with Gasteiger partial charge < -0.3 is 10.6 Å². The molecule has 0 aromatic heterocycles. The maximum atomic E-state index is 11.4. The van der Waals surface area contributed by atoms with Crippen LogP contribution >= 0.6 is 0 Å². The fourth-order valence-electron chi connectivity index (χ4n) is 2.52. The molecular weight excluding hydrogens is 236 g/mol. The van der Waals surface area contributed by atoms with Gasteiger partial charge in [0.05, 0.1) is 0 Å². The quantitative estimate of drug-likeness (QED) is 0.825. The average molecular weight is 260 g/mol. The first kappa shape index (κ1) is 14.1. The second kappa shape index (κ2) is 6.71. The second-order valence-electron chi connectivity index (χ2n) is 5.59. The summed E-state index contributed by atoms with van der Waals surface area (Å²) < 4.78 is 0. The van der Waals surface area contributed by atoms with E-state index in [0.717, 1.165) is 12.5 Å². The van der Waals surface area contributed by atoms with Gasteiger partial charge >= 0.3 is 0 Å². The summed E-state index contributed by atoms with van der Waals surface area (Å²) >= 11 is 0. The van der Waals surface area contributed by atoms with Crippen LogP contribution in [-0.4, -0.2) is 19.0 Å². The van der Waals surface area contributed by atoms with Gasteiger partial charge in [0.1, 0.15) is 0 Å². The van der Waals surface area contributed by atoms with Crippen LogP contribution in [0.5, 0.6) is 0 Å². The van der Waals surface area contributed by atoms with E-state index in [1.54, 1.807) is 7.05 Å². The summed E-state index contributed by atoms with van der Waals surface area (Å²) in [4.78, 5) is 11.4. The Bertz CT molecular complexity index is 409. The smallest absolute Gasteiger partial charge is 0.251 e. The molecule has 0 heterocycles. The molecule has 0 bridgehead atoms. The van der Waals surface area contributed by atoms with Gasteiger partial charge in [0, 0.05) is 25.2 Å². The molecule has 19 heavy (non-hydrogen) atoms. The van der Waals surface area contributed by atoms with Crippen molar-refractivity contribution in [2.24, 2.45) is 5.92 Å². The van der Waals surface area contributed by atoms with Crippen molar-refractivity contribution in [3.05, 3.63) is 35.4 Å². The van der Waals surface area contributed by atoms with Gasteiger partial charge in [-0.25, -0.2) is 0 Å². The monoisotopic (exact) mass is 260 g/mol. The fourth-order valence-corrected chi connectivity index (χ4v) is 2.52. The van der Waals surface area contributed by atoms with Crippen LogP contribution in [0.4, 0.5) is 0 Å². The molecule has 0 saturated heterocycles. The number of hydrogen-bond donors (Lipinski definition) is 2. The topological polar surface area (TPSA) is 41.1 Å². The number of hydrogen-bond acceptors (Lipinski definition) is 2. The number of nitrogens with one attached hydrogen (secondary N) is 2. The van der Waals surface area contributed by atoms with E-state index in [4.69, 9.17) is 0 Å². The SMILES string of the molecule is CNC(=O)c1ccc(CNC(C)CC2CCC2)cc1. The fraction of sp³-hybridized carbons (Fsp3) is 0.562. The first-order valence-electron chi connectivity index (χ1n) is 7.23. The minimum Gasteiger partial charge on any atom is -0.355 e. The normalized spacial score (nSPS) is 16.7. The molecule has 1 aliphatic rings. The Morgan fingerprint density at radius 1 is 1.32 bits per heavy atom. The molecule has 3 nitrogen and oxygen atoms in total. The van der Waals surface area contributed by atoms with Gasteiger partial charge in [-0.1, -0.05) is 31.4 Å². The number of benzene rings is 1. The third-order valence-corrected chi connectivity index (χ3v) is 4.01. The van der Waals surface area contributed by atoms with Crippen molar-refractivity contribution in [3.8, 4) is 0 Å². The predicted octanol–water partition coefficient (Wildman–Crippen LogP) is 2.71. The van der Waals surface area contributed by atoms with Crippen LogP contribution in [0.1, 0.15) is 48.5 Å². The molecular formula is C16H24N2O. The van der Waals surface area contributed by atoms with Gasteiger partial charge in [-0.05, 0) is 37.0 Å². The largest absolute Gasteiger partial charge is 0.355 e. The molecule has 0 spiro atoms. The van der Waals surface area contributed by atoms with E-state index in [1.165, 1.54) is 31.2 Å². The molecule has 1 fully saturated rings. The zero-order chi connectivity index (χ0) is 13.7. The number of carbonyl (C=O) groups excluding carboxylic acids is 1. The third-order valence-electron chi connectivity index (χ3n) is 4.01. The van der Waals surface area contributed by atoms with Crippen LogP contribution in [0.15, 0.2) is 24.3 Å². The molecule has 1 atom stereocenters. The lowest BCUT2D eigenvalue weighted by Gasteiger charge is -2.28. The van der Waals surface area contributed by atoms with E-state index in [0.29, 0.717) is 11.6 Å². The van der Waals surface area contributed by atoms with Crippen LogP contribution in [-0.2, 0) is 6.54 Å². The zero-order valence-corrected chi connectivity index (χ0v) is 11.9. The van der Waals surface area contributed by atoms with Crippen molar-refractivity contribution >= 4 is 5.91 Å². The Morgan fingerprint density at radius 2 is 2.00 bits per heavy atom. The van der Waals surface area contributed by atoms with Crippen molar-refractivity contribution in [2.75, 3.05) is 7.05 Å². The van der Waals surface area contributed by atoms with Gasteiger partial charge in [0.25, 0.3) is 5.91 Å². The highest BCUT2D eigenvalue weighted by molar-refractivity contribution is 5.93. The Morgan fingerprint density at radius 3 is 2.53 bits per heavy atom. The molecule has 0 radical (unpaired) electrons. The highest BCUT2D eigenvalue weighted by atomic mass is 16.1. The zero-order valence-electron chi connectivity index (χ0n) is 11.9. The summed E-state index contributed by atoms with van der Waals surface area (Å²) in [6.45, 7) is 3.14. The Balaban J connectivity index is 1.77. The van der Waals surface area contributed by atoms with Crippen LogP contribution in [0, 0.1) is 5.92 Å². The first-order valence-corrected chi connectivity index (χ1v) is 7.23.